The van der Waals surface area contributed by atoms with Crippen molar-refractivity contribution < 1.29 is 9.21 Å². The Hall–Kier alpha value is -3.15. The number of rotatable bonds is 5. The van der Waals surface area contributed by atoms with Crippen LogP contribution in [0.4, 0.5) is 6.01 Å². The van der Waals surface area contributed by atoms with Crippen LogP contribution in [0.2, 0.25) is 0 Å². The van der Waals surface area contributed by atoms with E-state index in [2.05, 4.69) is 34.5 Å². The number of aryl methyl sites for hydroxylation is 1. The molecule has 1 saturated heterocycles. The highest BCUT2D eigenvalue weighted by Gasteiger charge is 2.26. The van der Waals surface area contributed by atoms with E-state index in [-0.39, 0.29) is 11.8 Å². The summed E-state index contributed by atoms with van der Waals surface area (Å²) >= 11 is 0. The highest BCUT2D eigenvalue weighted by atomic mass is 16.4. The Morgan fingerprint density at radius 3 is 2.00 bits per heavy atom. The summed E-state index contributed by atoms with van der Waals surface area (Å²) in [6, 6.07) is 21.1. The van der Waals surface area contributed by atoms with Gasteiger partial charge in [0, 0.05) is 45.4 Å². The molecule has 1 aromatic heterocycles. The first-order chi connectivity index (χ1) is 13.7. The fourth-order valence-corrected chi connectivity index (χ4v) is 3.66. The van der Waals surface area contributed by atoms with Gasteiger partial charge < -0.3 is 14.2 Å². The summed E-state index contributed by atoms with van der Waals surface area (Å²) < 4.78 is 5.50. The molecule has 1 amide bonds. The van der Waals surface area contributed by atoms with Gasteiger partial charge in [-0.2, -0.15) is 0 Å². The molecule has 1 aliphatic rings. The second kappa shape index (κ2) is 8.25. The van der Waals surface area contributed by atoms with E-state index < -0.39 is 0 Å². The minimum atomic E-state index is 0.0616. The molecule has 0 spiro atoms. The monoisotopic (exact) mass is 376 g/mol. The Balaban J connectivity index is 1.44. The third-order valence-corrected chi connectivity index (χ3v) is 5.20. The van der Waals surface area contributed by atoms with E-state index in [1.807, 2.05) is 46.2 Å². The summed E-state index contributed by atoms with van der Waals surface area (Å²) in [7, 11) is 0. The molecule has 2 aromatic carbocycles. The third kappa shape index (κ3) is 4.06. The normalized spacial score (nSPS) is 14.5. The van der Waals surface area contributed by atoms with Crippen molar-refractivity contribution in [2.75, 3.05) is 31.1 Å². The van der Waals surface area contributed by atoms with Gasteiger partial charge in [0.15, 0.2) is 0 Å². The van der Waals surface area contributed by atoms with E-state index in [1.54, 1.807) is 6.92 Å². The van der Waals surface area contributed by atoms with E-state index in [1.165, 1.54) is 11.1 Å². The zero-order chi connectivity index (χ0) is 19.3. The number of nitrogens with zero attached hydrogens (tertiary/aromatic N) is 4. The van der Waals surface area contributed by atoms with Gasteiger partial charge in [0.2, 0.25) is 11.8 Å². The van der Waals surface area contributed by atoms with E-state index in [0.29, 0.717) is 44.5 Å². The second-order valence-corrected chi connectivity index (χ2v) is 7.05. The van der Waals surface area contributed by atoms with Crippen molar-refractivity contribution in [2.24, 2.45) is 0 Å². The number of aromatic nitrogens is 2. The maximum atomic E-state index is 13.1. The van der Waals surface area contributed by atoms with E-state index in [9.17, 15) is 4.79 Å². The molecule has 3 aromatic rings. The zero-order valence-corrected chi connectivity index (χ0v) is 16.0. The highest BCUT2D eigenvalue weighted by Crippen LogP contribution is 2.29. The molecule has 0 bridgehead atoms. The smallest absolute Gasteiger partial charge is 0.318 e. The Kier molecular flexibility index (Phi) is 5.37. The summed E-state index contributed by atoms with van der Waals surface area (Å²) in [5, 5.41) is 7.96. The van der Waals surface area contributed by atoms with Gasteiger partial charge in [0.1, 0.15) is 0 Å². The van der Waals surface area contributed by atoms with Crippen LogP contribution in [0.3, 0.4) is 0 Å². The summed E-state index contributed by atoms with van der Waals surface area (Å²) in [5.74, 6) is 0.799. The molecule has 0 unspecified atom stereocenters. The van der Waals surface area contributed by atoms with Gasteiger partial charge in [-0.3, -0.25) is 4.79 Å². The molecule has 28 heavy (non-hydrogen) atoms. The van der Waals surface area contributed by atoms with Crippen LogP contribution in [0.25, 0.3) is 0 Å². The van der Waals surface area contributed by atoms with E-state index in [0.717, 1.165) is 0 Å². The first-order valence-corrected chi connectivity index (χ1v) is 9.63. The van der Waals surface area contributed by atoms with Crippen LogP contribution >= 0.6 is 0 Å². The lowest BCUT2D eigenvalue weighted by molar-refractivity contribution is -0.131. The average Bonchev–Trinajstić information content (AvgIpc) is 3.19. The van der Waals surface area contributed by atoms with Gasteiger partial charge in [0.25, 0.3) is 0 Å². The maximum Gasteiger partial charge on any atom is 0.318 e. The first-order valence-electron chi connectivity index (χ1n) is 9.63. The van der Waals surface area contributed by atoms with Crippen molar-refractivity contribution >= 4 is 11.9 Å². The standard InChI is InChI=1S/C22H24N4O2/c1-17-23-24-22(28-17)26-14-12-25(13-15-26)21(27)16-20(18-8-4-2-5-9-18)19-10-6-3-7-11-19/h2-11,20H,12-16H2,1H3. The number of benzene rings is 2. The van der Waals surface area contributed by atoms with Crippen LogP contribution in [0.1, 0.15) is 29.4 Å². The lowest BCUT2D eigenvalue weighted by Crippen LogP contribution is -2.49. The van der Waals surface area contributed by atoms with Gasteiger partial charge in [0.05, 0.1) is 0 Å². The Morgan fingerprint density at radius 1 is 0.929 bits per heavy atom. The summed E-state index contributed by atoms with van der Waals surface area (Å²) in [6.07, 6.45) is 0.466. The predicted molar refractivity (Wildman–Crippen MR) is 107 cm³/mol. The van der Waals surface area contributed by atoms with E-state index >= 15 is 0 Å². The van der Waals surface area contributed by atoms with Crippen molar-refractivity contribution in [1.82, 2.24) is 15.1 Å². The number of anilines is 1. The van der Waals surface area contributed by atoms with E-state index in [4.69, 9.17) is 4.42 Å². The van der Waals surface area contributed by atoms with Crippen LogP contribution in [-0.2, 0) is 4.79 Å². The fourth-order valence-electron chi connectivity index (χ4n) is 3.66. The molecular weight excluding hydrogens is 352 g/mol. The molecule has 6 heteroatoms. The number of hydrogen-bond acceptors (Lipinski definition) is 5. The van der Waals surface area contributed by atoms with Gasteiger partial charge >= 0.3 is 6.01 Å². The third-order valence-electron chi connectivity index (χ3n) is 5.20. The second-order valence-electron chi connectivity index (χ2n) is 7.05. The maximum absolute atomic E-state index is 13.1. The zero-order valence-electron chi connectivity index (χ0n) is 16.0. The van der Waals surface area contributed by atoms with Gasteiger partial charge in [-0.1, -0.05) is 65.8 Å². The van der Waals surface area contributed by atoms with Crippen molar-refractivity contribution in [1.29, 1.82) is 0 Å². The first kappa shape index (κ1) is 18.2. The van der Waals surface area contributed by atoms with Crippen molar-refractivity contribution in [3.63, 3.8) is 0 Å². The quantitative estimate of drug-likeness (QED) is 0.684. The molecule has 4 rings (SSSR count). The Morgan fingerprint density at radius 2 is 1.50 bits per heavy atom. The number of carbonyl (C=O) groups is 1. The minimum absolute atomic E-state index is 0.0616. The average molecular weight is 376 g/mol. The number of amides is 1. The summed E-state index contributed by atoms with van der Waals surface area (Å²) in [5.41, 5.74) is 2.34. The lowest BCUT2D eigenvalue weighted by Gasteiger charge is -2.34. The largest absolute Gasteiger partial charge is 0.408 e. The topological polar surface area (TPSA) is 62.5 Å². The molecule has 1 fully saturated rings. The number of hydrogen-bond donors (Lipinski definition) is 0. The molecule has 0 saturated carbocycles. The lowest BCUT2D eigenvalue weighted by atomic mass is 9.88. The molecule has 2 heterocycles. The van der Waals surface area contributed by atoms with Crippen LogP contribution in [-0.4, -0.2) is 47.2 Å². The van der Waals surface area contributed by atoms with Gasteiger partial charge in [-0.15, -0.1) is 5.10 Å². The minimum Gasteiger partial charge on any atom is -0.408 e. The van der Waals surface area contributed by atoms with Crippen molar-refractivity contribution in [3.05, 3.63) is 77.7 Å². The molecular formula is C22H24N4O2. The van der Waals surface area contributed by atoms with Crippen LogP contribution in [0.15, 0.2) is 65.1 Å². The molecule has 1 aliphatic heterocycles. The molecule has 6 nitrogen and oxygen atoms in total. The summed E-state index contributed by atoms with van der Waals surface area (Å²) in [6.45, 7) is 4.51. The molecule has 144 valence electrons. The van der Waals surface area contributed by atoms with Gasteiger partial charge in [-0.05, 0) is 11.1 Å². The van der Waals surface area contributed by atoms with Crippen LogP contribution < -0.4 is 4.90 Å². The number of piperazine rings is 1. The van der Waals surface area contributed by atoms with Crippen molar-refractivity contribution in [3.8, 4) is 0 Å². The SMILES string of the molecule is Cc1nnc(N2CCN(C(=O)CC(c3ccccc3)c3ccccc3)CC2)o1. The van der Waals surface area contributed by atoms with Crippen molar-refractivity contribution in [2.45, 2.75) is 19.3 Å². The summed E-state index contributed by atoms with van der Waals surface area (Å²) in [4.78, 5) is 17.0. The highest BCUT2D eigenvalue weighted by molar-refractivity contribution is 5.78. The Bertz CT molecular complexity index is 863. The molecule has 0 aliphatic carbocycles. The fraction of sp³-hybridized carbons (Fsp3) is 0.318. The van der Waals surface area contributed by atoms with Crippen LogP contribution in [0, 0.1) is 6.92 Å². The molecule has 0 atom stereocenters. The molecule has 0 radical (unpaired) electrons. The van der Waals surface area contributed by atoms with Gasteiger partial charge in [-0.25, -0.2) is 0 Å². The predicted octanol–water partition coefficient (Wildman–Crippen LogP) is 3.25. The Labute approximate surface area is 164 Å². The number of carbonyl (C=O) groups excluding carboxylic acids is 1. The molecule has 0 N–H and O–H groups in total. The van der Waals surface area contributed by atoms with Crippen LogP contribution in [0.5, 0.6) is 0 Å².